The van der Waals surface area contributed by atoms with E-state index in [-0.39, 0.29) is 0 Å². The number of hydrogen-bond donors (Lipinski definition) is 1. The molecule has 1 aliphatic rings. The van der Waals surface area contributed by atoms with Crippen molar-refractivity contribution in [2.45, 2.75) is 13.0 Å². The molecule has 0 bridgehead atoms. The minimum absolute atomic E-state index is 0.349. The molecule has 0 unspecified atom stereocenters. The van der Waals surface area contributed by atoms with Crippen LogP contribution >= 0.6 is 0 Å². The van der Waals surface area contributed by atoms with Gasteiger partial charge in [-0.2, -0.15) is 0 Å². The number of benzene rings is 2. The molecule has 1 fully saturated rings. The first-order chi connectivity index (χ1) is 10.7. The molecule has 2 aromatic rings. The summed E-state index contributed by atoms with van der Waals surface area (Å²) in [6.45, 7) is 4.26. The summed E-state index contributed by atoms with van der Waals surface area (Å²) in [5, 5.41) is 9.55. The van der Waals surface area contributed by atoms with Crippen LogP contribution in [0.15, 0.2) is 54.6 Å². The van der Waals surface area contributed by atoms with E-state index in [4.69, 9.17) is 0 Å². The van der Waals surface area contributed by atoms with E-state index in [1.807, 2.05) is 12.1 Å². The highest BCUT2D eigenvalue weighted by Gasteiger charge is 2.23. The van der Waals surface area contributed by atoms with E-state index in [1.165, 1.54) is 17.7 Å². The van der Waals surface area contributed by atoms with Gasteiger partial charge in [-0.05, 0) is 49.2 Å². The second-order valence-corrected chi connectivity index (χ2v) is 6.30. The van der Waals surface area contributed by atoms with Gasteiger partial charge in [-0.15, -0.1) is 0 Å². The summed E-state index contributed by atoms with van der Waals surface area (Å²) < 4.78 is 0. The van der Waals surface area contributed by atoms with Crippen molar-refractivity contribution in [1.82, 2.24) is 4.90 Å². The molecule has 1 saturated heterocycles. The van der Waals surface area contributed by atoms with Crippen LogP contribution in [0.2, 0.25) is 0 Å². The van der Waals surface area contributed by atoms with Gasteiger partial charge in [-0.3, -0.25) is 0 Å². The number of aromatic hydroxyl groups is 1. The molecule has 2 aromatic carbocycles. The summed E-state index contributed by atoms with van der Waals surface area (Å²) in [5.41, 5.74) is 2.50. The lowest BCUT2D eigenvalue weighted by Crippen LogP contribution is -2.28. The second kappa shape index (κ2) is 6.84. The zero-order valence-electron chi connectivity index (χ0n) is 13.2. The van der Waals surface area contributed by atoms with Crippen LogP contribution in [-0.2, 0) is 6.54 Å². The van der Waals surface area contributed by atoms with Crippen LogP contribution < -0.4 is 4.90 Å². The fourth-order valence-corrected chi connectivity index (χ4v) is 3.33. The van der Waals surface area contributed by atoms with Gasteiger partial charge in [0.05, 0.1) is 0 Å². The molecule has 0 saturated carbocycles. The molecular formula is C19H24N2O. The predicted octanol–water partition coefficient (Wildman–Crippen LogP) is 3.35. The molecule has 0 aliphatic carbocycles. The van der Waals surface area contributed by atoms with Crippen LogP contribution in [0, 0.1) is 5.92 Å². The first-order valence-corrected chi connectivity index (χ1v) is 7.97. The van der Waals surface area contributed by atoms with Crippen LogP contribution in [-0.4, -0.2) is 36.7 Å². The van der Waals surface area contributed by atoms with Crippen LogP contribution in [0.1, 0.15) is 12.0 Å². The Morgan fingerprint density at radius 3 is 2.73 bits per heavy atom. The van der Waals surface area contributed by atoms with E-state index in [0.29, 0.717) is 11.7 Å². The van der Waals surface area contributed by atoms with Gasteiger partial charge in [0.25, 0.3) is 0 Å². The first-order valence-electron chi connectivity index (χ1n) is 7.97. The molecular weight excluding hydrogens is 272 g/mol. The van der Waals surface area contributed by atoms with Crippen LogP contribution in [0.5, 0.6) is 5.75 Å². The standard InChI is InChI=1S/C19H24N2O/c1-20(13-16-6-5-9-19(22)12-16)14-17-10-11-21(15-17)18-7-3-2-4-8-18/h2-9,12,17,22H,10-11,13-15H2,1H3/t17-/m1/s1. The van der Waals surface area contributed by atoms with Gasteiger partial charge in [0.1, 0.15) is 5.75 Å². The molecule has 116 valence electrons. The van der Waals surface area contributed by atoms with Crippen molar-refractivity contribution in [3.05, 3.63) is 60.2 Å². The summed E-state index contributed by atoms with van der Waals surface area (Å²) in [7, 11) is 2.16. The molecule has 0 aromatic heterocycles. The van der Waals surface area contributed by atoms with Gasteiger partial charge in [-0.25, -0.2) is 0 Å². The number of phenolic OH excluding ortho intramolecular Hbond substituents is 1. The van der Waals surface area contributed by atoms with Crippen molar-refractivity contribution in [1.29, 1.82) is 0 Å². The number of nitrogens with zero attached hydrogens (tertiary/aromatic N) is 2. The highest BCUT2D eigenvalue weighted by molar-refractivity contribution is 5.46. The van der Waals surface area contributed by atoms with Gasteiger partial charge < -0.3 is 14.9 Å². The van der Waals surface area contributed by atoms with Crippen molar-refractivity contribution in [3.63, 3.8) is 0 Å². The summed E-state index contributed by atoms with van der Waals surface area (Å²) in [6, 6.07) is 18.2. The van der Waals surface area contributed by atoms with E-state index in [9.17, 15) is 5.11 Å². The zero-order valence-corrected chi connectivity index (χ0v) is 13.2. The maximum atomic E-state index is 9.55. The van der Waals surface area contributed by atoms with Crippen molar-refractivity contribution in [2.75, 3.05) is 31.6 Å². The molecule has 1 heterocycles. The maximum Gasteiger partial charge on any atom is 0.115 e. The molecule has 1 atom stereocenters. The minimum Gasteiger partial charge on any atom is -0.508 e. The molecule has 1 aliphatic heterocycles. The average molecular weight is 296 g/mol. The quantitative estimate of drug-likeness (QED) is 0.916. The molecule has 0 spiro atoms. The highest BCUT2D eigenvalue weighted by atomic mass is 16.3. The number of para-hydroxylation sites is 1. The minimum atomic E-state index is 0.349. The fourth-order valence-electron chi connectivity index (χ4n) is 3.33. The Morgan fingerprint density at radius 2 is 1.95 bits per heavy atom. The van der Waals surface area contributed by atoms with E-state index in [0.717, 1.165) is 26.2 Å². The molecule has 3 rings (SSSR count). The zero-order chi connectivity index (χ0) is 15.4. The van der Waals surface area contributed by atoms with Crippen molar-refractivity contribution in [3.8, 4) is 5.75 Å². The summed E-state index contributed by atoms with van der Waals surface area (Å²) in [6.07, 6.45) is 1.25. The van der Waals surface area contributed by atoms with E-state index in [2.05, 4.69) is 53.2 Å². The van der Waals surface area contributed by atoms with Crippen LogP contribution in [0.3, 0.4) is 0 Å². The topological polar surface area (TPSA) is 26.7 Å². The summed E-state index contributed by atoms with van der Waals surface area (Å²) in [5.74, 6) is 1.06. The molecule has 1 N–H and O–H groups in total. The highest BCUT2D eigenvalue weighted by Crippen LogP contribution is 2.24. The SMILES string of the molecule is CN(Cc1cccc(O)c1)C[C@H]1CCN(c2ccccc2)C1. The lowest BCUT2D eigenvalue weighted by atomic mass is 10.1. The Hall–Kier alpha value is -2.00. The number of phenols is 1. The predicted molar refractivity (Wildman–Crippen MR) is 91.2 cm³/mol. The summed E-state index contributed by atoms with van der Waals surface area (Å²) >= 11 is 0. The summed E-state index contributed by atoms with van der Waals surface area (Å²) in [4.78, 5) is 4.83. The first kappa shape index (κ1) is 14.9. The Morgan fingerprint density at radius 1 is 1.14 bits per heavy atom. The molecule has 0 amide bonds. The molecule has 0 radical (unpaired) electrons. The van der Waals surface area contributed by atoms with E-state index in [1.54, 1.807) is 6.07 Å². The second-order valence-electron chi connectivity index (χ2n) is 6.30. The van der Waals surface area contributed by atoms with Gasteiger partial charge in [0.2, 0.25) is 0 Å². The Bertz CT molecular complexity index is 599. The third kappa shape index (κ3) is 3.80. The average Bonchev–Trinajstić information content (AvgIpc) is 2.96. The third-order valence-electron chi connectivity index (χ3n) is 4.34. The maximum absolute atomic E-state index is 9.55. The largest absolute Gasteiger partial charge is 0.508 e. The van der Waals surface area contributed by atoms with E-state index < -0.39 is 0 Å². The third-order valence-corrected chi connectivity index (χ3v) is 4.34. The van der Waals surface area contributed by atoms with Gasteiger partial charge in [0, 0.05) is 31.9 Å². The van der Waals surface area contributed by atoms with Crippen molar-refractivity contribution in [2.24, 2.45) is 5.92 Å². The van der Waals surface area contributed by atoms with Crippen LogP contribution in [0.4, 0.5) is 5.69 Å². The van der Waals surface area contributed by atoms with Gasteiger partial charge in [0.15, 0.2) is 0 Å². The normalized spacial score (nSPS) is 18.1. The monoisotopic (exact) mass is 296 g/mol. The van der Waals surface area contributed by atoms with Gasteiger partial charge in [-0.1, -0.05) is 30.3 Å². The van der Waals surface area contributed by atoms with Gasteiger partial charge >= 0.3 is 0 Å². The Balaban J connectivity index is 1.51. The fraction of sp³-hybridized carbons (Fsp3) is 0.368. The Kier molecular flexibility index (Phi) is 4.64. The molecule has 22 heavy (non-hydrogen) atoms. The number of hydrogen-bond acceptors (Lipinski definition) is 3. The molecule has 3 heteroatoms. The number of anilines is 1. The van der Waals surface area contributed by atoms with Crippen molar-refractivity contribution >= 4 is 5.69 Å². The number of rotatable bonds is 5. The van der Waals surface area contributed by atoms with Crippen LogP contribution in [0.25, 0.3) is 0 Å². The van der Waals surface area contributed by atoms with E-state index >= 15 is 0 Å². The molecule has 3 nitrogen and oxygen atoms in total. The lowest BCUT2D eigenvalue weighted by molar-refractivity contribution is 0.279. The lowest BCUT2D eigenvalue weighted by Gasteiger charge is -2.22. The van der Waals surface area contributed by atoms with Crippen molar-refractivity contribution < 1.29 is 5.11 Å². The smallest absolute Gasteiger partial charge is 0.115 e. The Labute approximate surface area is 132 Å².